The lowest BCUT2D eigenvalue weighted by molar-refractivity contribution is 0.111. The number of aromatic nitrogens is 2. The maximum absolute atomic E-state index is 10.9. The molecule has 0 aliphatic carbocycles. The maximum Gasteiger partial charge on any atom is 0.153 e. The molecule has 0 saturated carbocycles. The molecule has 17 heavy (non-hydrogen) atoms. The molecule has 0 unspecified atom stereocenters. The molecule has 0 atom stereocenters. The van der Waals surface area contributed by atoms with Crippen molar-refractivity contribution in [2.45, 2.75) is 13.5 Å². The van der Waals surface area contributed by atoms with Gasteiger partial charge in [-0.2, -0.15) is 5.10 Å². The highest BCUT2D eigenvalue weighted by Gasteiger charge is 2.06. The summed E-state index contributed by atoms with van der Waals surface area (Å²) in [6.45, 7) is 2.34. The van der Waals surface area contributed by atoms with Crippen LogP contribution >= 0.6 is 0 Å². The predicted molar refractivity (Wildman–Crippen MR) is 64.1 cm³/mol. The van der Waals surface area contributed by atoms with Crippen molar-refractivity contribution in [3.8, 4) is 5.75 Å². The van der Waals surface area contributed by atoms with Gasteiger partial charge in [-0.25, -0.2) is 0 Å². The standard InChI is InChI=1S/C13H14N2O2/c1-10-4-3-5-12(8-16)13(10)17-9-11-6-14-15(2)7-11/h3-8H,9H2,1-2H3. The van der Waals surface area contributed by atoms with E-state index in [2.05, 4.69) is 5.10 Å². The maximum atomic E-state index is 10.9. The van der Waals surface area contributed by atoms with Gasteiger partial charge in [0.1, 0.15) is 12.4 Å². The largest absolute Gasteiger partial charge is 0.488 e. The van der Waals surface area contributed by atoms with Crippen molar-refractivity contribution < 1.29 is 9.53 Å². The number of aryl methyl sites for hydroxylation is 2. The highest BCUT2D eigenvalue weighted by atomic mass is 16.5. The van der Waals surface area contributed by atoms with Crippen molar-refractivity contribution in [2.75, 3.05) is 0 Å². The van der Waals surface area contributed by atoms with Crippen LogP contribution < -0.4 is 4.74 Å². The van der Waals surface area contributed by atoms with E-state index in [0.717, 1.165) is 17.4 Å². The summed E-state index contributed by atoms with van der Waals surface area (Å²) < 4.78 is 7.39. The lowest BCUT2D eigenvalue weighted by Gasteiger charge is -2.09. The first-order valence-corrected chi connectivity index (χ1v) is 5.36. The zero-order valence-corrected chi connectivity index (χ0v) is 9.88. The molecule has 1 aromatic heterocycles. The van der Waals surface area contributed by atoms with Crippen molar-refractivity contribution >= 4 is 6.29 Å². The first-order chi connectivity index (χ1) is 8.20. The molecule has 0 aliphatic heterocycles. The normalized spacial score (nSPS) is 10.2. The van der Waals surface area contributed by atoms with Gasteiger partial charge in [0.05, 0.1) is 11.8 Å². The van der Waals surface area contributed by atoms with E-state index in [9.17, 15) is 4.79 Å². The van der Waals surface area contributed by atoms with Gasteiger partial charge < -0.3 is 4.74 Å². The lowest BCUT2D eigenvalue weighted by Crippen LogP contribution is -1.99. The number of ether oxygens (including phenoxy) is 1. The quantitative estimate of drug-likeness (QED) is 0.756. The minimum absolute atomic E-state index is 0.416. The van der Waals surface area contributed by atoms with Gasteiger partial charge in [0.25, 0.3) is 0 Å². The molecular formula is C13H14N2O2. The third-order valence-electron chi connectivity index (χ3n) is 2.51. The molecule has 0 radical (unpaired) electrons. The van der Waals surface area contributed by atoms with Crippen molar-refractivity contribution in [3.63, 3.8) is 0 Å². The Labute approximate surface area is 99.8 Å². The number of rotatable bonds is 4. The van der Waals surface area contributed by atoms with E-state index < -0.39 is 0 Å². The summed E-state index contributed by atoms with van der Waals surface area (Å²) in [6.07, 6.45) is 4.45. The molecule has 2 rings (SSSR count). The second-order valence-electron chi connectivity index (χ2n) is 3.92. The van der Waals surface area contributed by atoms with E-state index in [-0.39, 0.29) is 0 Å². The Balaban J connectivity index is 2.16. The minimum Gasteiger partial charge on any atom is -0.488 e. The van der Waals surface area contributed by atoms with Crippen LogP contribution in [0.4, 0.5) is 0 Å². The summed E-state index contributed by atoms with van der Waals surface area (Å²) in [5, 5.41) is 4.06. The summed E-state index contributed by atoms with van der Waals surface area (Å²) >= 11 is 0. The molecule has 1 heterocycles. The first kappa shape index (κ1) is 11.4. The molecule has 0 spiro atoms. The van der Waals surface area contributed by atoms with E-state index in [1.807, 2.05) is 32.3 Å². The van der Waals surface area contributed by atoms with E-state index in [1.54, 1.807) is 16.9 Å². The Hall–Kier alpha value is -2.10. The lowest BCUT2D eigenvalue weighted by atomic mass is 10.1. The van der Waals surface area contributed by atoms with Crippen LogP contribution in [0, 0.1) is 6.92 Å². The van der Waals surface area contributed by atoms with Gasteiger partial charge in [0.15, 0.2) is 6.29 Å². The van der Waals surface area contributed by atoms with E-state index in [1.165, 1.54) is 0 Å². The van der Waals surface area contributed by atoms with E-state index in [0.29, 0.717) is 17.9 Å². The van der Waals surface area contributed by atoms with Crippen LogP contribution in [0.5, 0.6) is 5.75 Å². The number of para-hydroxylation sites is 1. The Kier molecular flexibility index (Phi) is 3.23. The number of hydrogen-bond donors (Lipinski definition) is 0. The molecule has 0 fully saturated rings. The third-order valence-corrected chi connectivity index (χ3v) is 2.51. The zero-order chi connectivity index (χ0) is 12.3. The van der Waals surface area contributed by atoms with Crippen LogP contribution in [0.25, 0.3) is 0 Å². The SMILES string of the molecule is Cc1cccc(C=O)c1OCc1cnn(C)c1. The average molecular weight is 230 g/mol. The molecule has 0 saturated heterocycles. The molecule has 0 bridgehead atoms. The molecule has 1 aromatic carbocycles. The Morgan fingerprint density at radius 2 is 2.29 bits per heavy atom. The number of carbonyl (C=O) groups is 1. The smallest absolute Gasteiger partial charge is 0.153 e. The fraction of sp³-hybridized carbons (Fsp3) is 0.231. The fourth-order valence-electron chi connectivity index (χ4n) is 1.67. The molecule has 88 valence electrons. The van der Waals surface area contributed by atoms with Crippen LogP contribution in [0.2, 0.25) is 0 Å². The van der Waals surface area contributed by atoms with E-state index in [4.69, 9.17) is 4.74 Å². The summed E-state index contributed by atoms with van der Waals surface area (Å²) in [5.74, 6) is 0.645. The third kappa shape index (κ3) is 2.53. The van der Waals surface area contributed by atoms with Crippen molar-refractivity contribution in [1.82, 2.24) is 9.78 Å². The Morgan fingerprint density at radius 3 is 2.94 bits per heavy atom. The molecule has 2 aromatic rings. The number of hydrogen-bond acceptors (Lipinski definition) is 3. The van der Waals surface area contributed by atoms with Gasteiger partial charge in [-0.05, 0) is 18.6 Å². The monoisotopic (exact) mass is 230 g/mol. The highest BCUT2D eigenvalue weighted by molar-refractivity contribution is 5.80. The average Bonchev–Trinajstić information content (AvgIpc) is 2.73. The fourth-order valence-corrected chi connectivity index (χ4v) is 1.67. The van der Waals surface area contributed by atoms with Gasteiger partial charge in [-0.3, -0.25) is 9.48 Å². The summed E-state index contributed by atoms with van der Waals surface area (Å²) in [6, 6.07) is 5.51. The van der Waals surface area contributed by atoms with Crippen LogP contribution in [0.15, 0.2) is 30.6 Å². The summed E-state index contributed by atoms with van der Waals surface area (Å²) in [5.41, 5.74) is 2.51. The first-order valence-electron chi connectivity index (χ1n) is 5.36. The van der Waals surface area contributed by atoms with E-state index >= 15 is 0 Å². The minimum atomic E-state index is 0.416. The number of nitrogens with zero attached hydrogens (tertiary/aromatic N) is 2. The Morgan fingerprint density at radius 1 is 1.47 bits per heavy atom. The molecule has 0 amide bonds. The van der Waals surface area contributed by atoms with Gasteiger partial charge in [0.2, 0.25) is 0 Å². The molecule has 0 aliphatic rings. The second-order valence-corrected chi connectivity index (χ2v) is 3.92. The van der Waals surface area contributed by atoms with Crippen molar-refractivity contribution in [1.29, 1.82) is 0 Å². The Bertz CT molecular complexity index is 532. The summed E-state index contributed by atoms with van der Waals surface area (Å²) in [4.78, 5) is 10.9. The van der Waals surface area contributed by atoms with Gasteiger partial charge in [-0.1, -0.05) is 12.1 Å². The van der Waals surface area contributed by atoms with Crippen LogP contribution in [-0.2, 0) is 13.7 Å². The van der Waals surface area contributed by atoms with Gasteiger partial charge >= 0.3 is 0 Å². The number of aldehydes is 1. The van der Waals surface area contributed by atoms with Crippen molar-refractivity contribution in [3.05, 3.63) is 47.3 Å². The second kappa shape index (κ2) is 4.82. The van der Waals surface area contributed by atoms with Crippen LogP contribution in [0.1, 0.15) is 21.5 Å². The molecular weight excluding hydrogens is 216 g/mol. The predicted octanol–water partition coefficient (Wildman–Crippen LogP) is 2.12. The van der Waals surface area contributed by atoms with Crippen molar-refractivity contribution in [2.24, 2.45) is 7.05 Å². The topological polar surface area (TPSA) is 44.1 Å². The molecule has 4 nitrogen and oxygen atoms in total. The highest BCUT2D eigenvalue weighted by Crippen LogP contribution is 2.22. The molecule has 0 N–H and O–H groups in total. The summed E-state index contributed by atoms with van der Waals surface area (Å²) in [7, 11) is 1.86. The zero-order valence-electron chi connectivity index (χ0n) is 9.88. The molecule has 4 heteroatoms. The van der Waals surface area contributed by atoms with Gasteiger partial charge in [0, 0.05) is 18.8 Å². The van der Waals surface area contributed by atoms with Crippen LogP contribution in [-0.4, -0.2) is 16.1 Å². The number of benzene rings is 1. The van der Waals surface area contributed by atoms with Crippen LogP contribution in [0.3, 0.4) is 0 Å². The van der Waals surface area contributed by atoms with Gasteiger partial charge in [-0.15, -0.1) is 0 Å². The number of carbonyl (C=O) groups excluding carboxylic acids is 1.